The Hall–Kier alpha value is -5.43. The van der Waals surface area contributed by atoms with Gasteiger partial charge in [-0.25, -0.2) is 52.7 Å². The summed E-state index contributed by atoms with van der Waals surface area (Å²) in [6.07, 6.45) is -43.1. The Bertz CT molecular complexity index is 3890. The van der Waals surface area contributed by atoms with Gasteiger partial charge in [-0.3, -0.25) is 27.1 Å². The summed E-state index contributed by atoms with van der Waals surface area (Å²) >= 11 is 0. The Morgan fingerprint density at radius 2 is 0.188 bits per heavy atom. The fourth-order valence-corrected chi connectivity index (χ4v) is 17.8. The monoisotopic (exact) mass is 2420 g/mol. The minimum Gasteiger partial charge on any atom is -0.300 e. The molecule has 1 heterocycles. The van der Waals surface area contributed by atoms with E-state index in [0.717, 1.165) is 0 Å². The summed E-state index contributed by atoms with van der Waals surface area (Å²) in [5.74, 6) is -358. The summed E-state index contributed by atoms with van der Waals surface area (Å²) in [5, 5.41) is 0. The topological polar surface area (TPSA) is 92.5 Å². The van der Waals surface area contributed by atoms with Crippen molar-refractivity contribution in [2.45, 2.75) is 252 Å². The van der Waals surface area contributed by atoms with Gasteiger partial charge in [0.1, 0.15) is 39.6 Å². The Morgan fingerprint density at radius 1 is 0.118 bits per heavy atom. The molecule has 0 saturated carbocycles. The minimum absolute atomic E-state index is 0.307. The van der Waals surface area contributed by atoms with Gasteiger partial charge < -0.3 is 0 Å². The fourth-order valence-electron chi connectivity index (χ4n) is 8.26. The van der Waals surface area contributed by atoms with Gasteiger partial charge in [0.05, 0.1) is 0 Å². The molecule has 9 nitrogen and oxygen atoms in total. The molecule has 96 heteroatoms. The van der Waals surface area contributed by atoms with Crippen LogP contribution < -0.4 is 0 Å². The molecule has 0 aromatic rings. The third-order valence-electron chi connectivity index (χ3n) is 17.2. The molecule has 0 radical (unpaired) electrons. The lowest BCUT2D eigenvalue weighted by molar-refractivity contribution is -0.434. The summed E-state index contributed by atoms with van der Waals surface area (Å²) in [6.45, 7) is -40.7. The first kappa shape index (κ1) is 137. The van der Waals surface area contributed by atoms with Crippen molar-refractivity contribution in [1.29, 1.82) is 0 Å². The Kier molecular flexibility index (Phi) is 35.6. The van der Waals surface area contributed by atoms with Crippen molar-refractivity contribution < 1.29 is 396 Å². The lowest BCUT2D eigenvalue weighted by atomic mass is 9.91. The maximum Gasteiger partial charge on any atom is 0.384 e. The molecule has 0 N–H and O–H groups in total. The molecule has 0 fully saturated rings. The highest BCUT2D eigenvalue weighted by atomic mass is 31.3. The Labute approximate surface area is 724 Å². The van der Waals surface area contributed by atoms with Gasteiger partial charge in [-0.2, -0.15) is 316 Å². The molecule has 0 amide bonds. The zero-order chi connectivity index (χ0) is 118. The molecule has 1 rings (SSSR count). The van der Waals surface area contributed by atoms with Crippen molar-refractivity contribution >= 4 is 23.0 Å². The first-order valence-corrected chi connectivity index (χ1v) is 36.2. The average Bonchev–Trinajstić information content (AvgIpc) is 0.821. The van der Waals surface area contributed by atoms with Gasteiger partial charge in [-0.15, -0.1) is 13.5 Å². The van der Waals surface area contributed by atoms with E-state index in [1.165, 1.54) is 0 Å². The van der Waals surface area contributed by atoms with E-state index in [9.17, 15) is 211 Å². The van der Waals surface area contributed by atoms with E-state index in [4.69, 9.17) is 0 Å². The zero-order valence-electron chi connectivity index (χ0n) is 62.6. The van der Waals surface area contributed by atoms with Crippen LogP contribution in [-0.2, 0) is 27.1 Å². The van der Waals surface area contributed by atoms with E-state index in [2.05, 4.69) is 27.1 Å². The van der Waals surface area contributed by atoms with Gasteiger partial charge in [0.15, 0.2) is 0 Å². The van der Waals surface area contributed by atoms with Crippen LogP contribution in [0, 0.1) is 0 Å². The molecule has 0 aromatic heterocycles. The lowest BCUT2D eigenvalue weighted by Gasteiger charge is -2.43. The molecule has 144 heavy (non-hydrogen) atoms. The van der Waals surface area contributed by atoms with Crippen molar-refractivity contribution in [2.24, 2.45) is 13.5 Å². The molecule has 0 spiro atoms. The van der Waals surface area contributed by atoms with Crippen LogP contribution in [0.2, 0.25) is 0 Å². The molecule has 0 aromatic carbocycles. The van der Waals surface area contributed by atoms with Crippen LogP contribution in [0.1, 0.15) is 0 Å². The van der Waals surface area contributed by atoms with Crippen molar-refractivity contribution in [3.63, 3.8) is 0 Å². The number of hydrogen-bond acceptors (Lipinski definition) is 9. The third-order valence-corrected chi connectivity index (χ3v) is 25.4. The van der Waals surface area contributed by atoms with E-state index in [0.29, 0.717) is 13.5 Å². The maximum absolute atomic E-state index is 16.0. The van der Waals surface area contributed by atoms with Gasteiger partial charge in [-0.05, 0) is 0 Å². The SMILES string of the molecule is FC(F)C(F)(F)C(F)(F)C(F)(F)C(F)(F)C(F)(F)C(F)(F)COP1(OCC(F)(F)C(F)(F)C(F)(F)C(F)(F)C(F)(F)C(F)(F)C(F)F)=NP(OCC(F)(F)C(F)(F)C(F)(F)C(F)(F)C(F)(F)C(F)(F)C(F)F)(OCC(F)(F)C(F)(F)C(F)(F)C(F)(F)C(F)(F)C(F)(F)C(F)F)=NP(OCC(F)(F)C(F)(F)C(F)(F)C(F)(F)C(F)(F)C(F)(F)C(F)F)(OCC(F)(F)C(F)(F)C(F)(F)C(F)(F)C(F)(F)C(F)(F)C(F)F)=N1. The molecular formula is C48H18F84N3O6P3. The van der Waals surface area contributed by atoms with Gasteiger partial charge in [0, 0.05) is 0 Å². The predicted molar refractivity (Wildman–Crippen MR) is 278 cm³/mol. The van der Waals surface area contributed by atoms with E-state index in [1.54, 1.807) is 0 Å². The smallest absolute Gasteiger partial charge is 0.300 e. The summed E-state index contributed by atoms with van der Waals surface area (Å²) in [6, 6.07) is 0. The number of alkyl halides is 84. The third kappa shape index (κ3) is 19.3. The summed E-state index contributed by atoms with van der Waals surface area (Å²) in [5.41, 5.74) is 0. The number of rotatable bonds is 54. The largest absolute Gasteiger partial charge is 0.384 e. The first-order chi connectivity index (χ1) is 61.5. The molecule has 0 saturated heterocycles. The summed E-state index contributed by atoms with van der Waals surface area (Å²) in [4.78, 5) is 0. The first-order valence-electron chi connectivity index (χ1n) is 31.6. The molecule has 0 unspecified atom stereocenters. The highest BCUT2D eigenvalue weighted by molar-refractivity contribution is 7.78. The second-order valence-electron chi connectivity index (χ2n) is 26.9. The number of halogens is 84. The quantitative estimate of drug-likeness (QED) is 0.0445. The van der Waals surface area contributed by atoms with Crippen LogP contribution in [0.5, 0.6) is 0 Å². The summed E-state index contributed by atoms with van der Waals surface area (Å²) < 4.78 is 1240. The molecule has 1 aliphatic heterocycles. The van der Waals surface area contributed by atoms with E-state index >= 15 is 158 Å². The predicted octanol–water partition coefficient (Wildman–Crippen LogP) is 30.4. The molecule has 0 aliphatic carbocycles. The van der Waals surface area contributed by atoms with Crippen LogP contribution in [0.25, 0.3) is 0 Å². The second-order valence-corrected chi connectivity index (χ2v) is 33.6. The lowest BCUT2D eigenvalue weighted by Crippen LogP contribution is -2.72. The minimum atomic E-state index is -11.5. The second kappa shape index (κ2) is 37.5. The van der Waals surface area contributed by atoms with E-state index in [1.807, 2.05) is 0 Å². The van der Waals surface area contributed by atoms with Crippen LogP contribution in [-0.4, -0.2) is 291 Å². The van der Waals surface area contributed by atoms with Crippen molar-refractivity contribution in [3.05, 3.63) is 0 Å². The molecule has 1 aliphatic rings. The standard InChI is InChI=1S/C48H18F84N3O6P3/c49-7(50)19(73,74)31(97,98)43(121,122)37(109,110)25(85,86)13(61,62)1-136-142(137-2-14(63,64)26(87,88)38(111,112)44(123,124)32(99,100)20(75,76)8(51)52)133-143(138-3-15(65,66)27(89,90)39(113,114)45(125,126)33(101,102)21(77,78)9(53)54,139-4-16(67,68)28(91,92)40(115,116)46(127,128)34(103,104)22(79,80)10(55)56)135-144(134-142,140-5-17(69,70)29(93,94)41(117,118)47(129,130)35(105,106)23(81,82)11(57)58)141-6-18(71,72)30(95,96)42(119,120)48(131,132)36(107,108)24(83,84)12(59)60/h7-12H,1-6H2. The molecule has 0 atom stereocenters. The van der Waals surface area contributed by atoms with Crippen LogP contribution in [0.3, 0.4) is 0 Å². The average molecular weight is 2420 g/mol. The van der Waals surface area contributed by atoms with Crippen LogP contribution in [0.4, 0.5) is 369 Å². The van der Waals surface area contributed by atoms with Crippen LogP contribution >= 0.6 is 23.0 Å². The number of nitrogens with zero attached hydrogens (tertiary/aromatic N) is 3. The highest BCUT2D eigenvalue weighted by Crippen LogP contribution is 2.83. The maximum atomic E-state index is 16.0. The van der Waals surface area contributed by atoms with E-state index < -0.39 is 314 Å². The fraction of sp³-hybridized carbons (Fsp3) is 1.00. The molecule has 864 valence electrons. The Morgan fingerprint density at radius 3 is 0.257 bits per heavy atom. The number of hydrogen-bond donors (Lipinski definition) is 0. The summed E-state index contributed by atoms with van der Waals surface area (Å²) in [7, 11) is -34.5. The molecule has 0 bridgehead atoms. The van der Waals surface area contributed by atoms with Crippen molar-refractivity contribution in [2.75, 3.05) is 39.6 Å². The molecular weight excluding hydrogens is 2400 g/mol. The zero-order valence-corrected chi connectivity index (χ0v) is 65.3. The van der Waals surface area contributed by atoms with Crippen molar-refractivity contribution in [1.82, 2.24) is 0 Å². The van der Waals surface area contributed by atoms with Crippen LogP contribution in [0.15, 0.2) is 13.5 Å². The normalized spacial score (nSPS) is 18.2. The Balaban J connectivity index is 6.73. The van der Waals surface area contributed by atoms with Gasteiger partial charge in [0.25, 0.3) is 0 Å². The highest BCUT2D eigenvalue weighted by Gasteiger charge is 2.99. The van der Waals surface area contributed by atoms with Gasteiger partial charge >= 0.3 is 275 Å². The van der Waals surface area contributed by atoms with E-state index in [-0.39, 0.29) is 0 Å². The van der Waals surface area contributed by atoms with Crippen molar-refractivity contribution in [3.8, 4) is 0 Å². The van der Waals surface area contributed by atoms with Gasteiger partial charge in [-0.1, -0.05) is 0 Å². The van der Waals surface area contributed by atoms with Gasteiger partial charge in [0.2, 0.25) is 0 Å².